The van der Waals surface area contributed by atoms with E-state index in [9.17, 15) is 4.79 Å². The van der Waals surface area contributed by atoms with Crippen molar-refractivity contribution in [1.82, 2.24) is 0 Å². The molecule has 0 aliphatic carbocycles. The molecule has 4 heteroatoms. The van der Waals surface area contributed by atoms with Gasteiger partial charge in [0.05, 0.1) is 0 Å². The van der Waals surface area contributed by atoms with Gasteiger partial charge in [0.2, 0.25) is 0 Å². The number of urea groups is 1. The van der Waals surface area contributed by atoms with Gasteiger partial charge in [-0.15, -0.1) is 0 Å². The Labute approximate surface area is 119 Å². The predicted octanol–water partition coefficient (Wildman–Crippen LogP) is 3.64. The summed E-state index contributed by atoms with van der Waals surface area (Å²) in [5.74, 6) is 0. The minimum absolute atomic E-state index is 0.160. The Morgan fingerprint density at radius 3 is 2.60 bits per heavy atom. The third-order valence-electron chi connectivity index (χ3n) is 3.11. The number of nitrogens with two attached hydrogens (primary N) is 1. The van der Waals surface area contributed by atoms with Crippen molar-refractivity contribution in [3.8, 4) is 0 Å². The third-order valence-corrected chi connectivity index (χ3v) is 3.11. The van der Waals surface area contributed by atoms with Crippen LogP contribution in [-0.4, -0.2) is 12.6 Å². The van der Waals surface area contributed by atoms with E-state index in [-0.39, 0.29) is 6.03 Å². The molecule has 0 spiro atoms. The van der Waals surface area contributed by atoms with E-state index in [1.54, 1.807) is 17.0 Å². The van der Waals surface area contributed by atoms with Crippen molar-refractivity contribution < 1.29 is 4.79 Å². The van der Waals surface area contributed by atoms with Gasteiger partial charge in [0.1, 0.15) is 0 Å². The maximum absolute atomic E-state index is 12.4. The first kappa shape index (κ1) is 13.9. The number of carbonyl (C=O) groups excluding carboxylic acids is 1. The van der Waals surface area contributed by atoms with Gasteiger partial charge in [-0.25, -0.2) is 4.79 Å². The summed E-state index contributed by atoms with van der Waals surface area (Å²) in [4.78, 5) is 14.1. The molecule has 0 saturated carbocycles. The molecule has 0 aliphatic heterocycles. The average Bonchev–Trinajstić information content (AvgIpc) is 2.41. The van der Waals surface area contributed by atoms with Crippen molar-refractivity contribution in [2.75, 3.05) is 22.5 Å². The van der Waals surface area contributed by atoms with Crippen molar-refractivity contribution in [3.05, 3.63) is 54.1 Å². The van der Waals surface area contributed by atoms with E-state index < -0.39 is 0 Å². The van der Waals surface area contributed by atoms with Crippen LogP contribution in [0.1, 0.15) is 12.5 Å². The number of anilines is 3. The van der Waals surface area contributed by atoms with Crippen LogP contribution in [0, 0.1) is 6.92 Å². The first-order valence-electron chi connectivity index (χ1n) is 6.61. The van der Waals surface area contributed by atoms with Crippen LogP contribution in [0.15, 0.2) is 48.5 Å². The zero-order chi connectivity index (χ0) is 14.5. The highest BCUT2D eigenvalue weighted by Crippen LogP contribution is 2.21. The fraction of sp³-hybridized carbons (Fsp3) is 0.188. The molecular weight excluding hydrogens is 250 g/mol. The van der Waals surface area contributed by atoms with Crippen molar-refractivity contribution in [2.24, 2.45) is 0 Å². The average molecular weight is 269 g/mol. The molecule has 0 radical (unpaired) electrons. The molecular formula is C16H19N3O. The summed E-state index contributed by atoms with van der Waals surface area (Å²) in [5.41, 5.74) is 9.02. The van der Waals surface area contributed by atoms with Gasteiger partial charge in [0.25, 0.3) is 0 Å². The summed E-state index contributed by atoms with van der Waals surface area (Å²) in [6, 6.07) is 14.8. The minimum Gasteiger partial charge on any atom is -0.399 e. The number of rotatable bonds is 3. The molecule has 2 rings (SSSR count). The molecule has 20 heavy (non-hydrogen) atoms. The lowest BCUT2D eigenvalue weighted by Crippen LogP contribution is -2.35. The lowest BCUT2D eigenvalue weighted by atomic mass is 10.2. The summed E-state index contributed by atoms with van der Waals surface area (Å²) in [6.07, 6.45) is 0. The van der Waals surface area contributed by atoms with Crippen LogP contribution in [0.3, 0.4) is 0 Å². The van der Waals surface area contributed by atoms with Crippen molar-refractivity contribution >= 4 is 23.1 Å². The molecule has 3 N–H and O–H groups in total. The zero-order valence-corrected chi connectivity index (χ0v) is 11.8. The molecule has 0 aliphatic rings. The van der Waals surface area contributed by atoms with E-state index in [0.717, 1.165) is 11.3 Å². The van der Waals surface area contributed by atoms with Crippen LogP contribution >= 0.6 is 0 Å². The number of benzene rings is 2. The van der Waals surface area contributed by atoms with Crippen molar-refractivity contribution in [3.63, 3.8) is 0 Å². The van der Waals surface area contributed by atoms with Gasteiger partial charge in [-0.1, -0.05) is 24.3 Å². The Bertz CT molecular complexity index is 610. The van der Waals surface area contributed by atoms with Crippen LogP contribution in [-0.2, 0) is 0 Å². The van der Waals surface area contributed by atoms with Crippen LogP contribution in [0.2, 0.25) is 0 Å². The number of hydrogen-bond donors (Lipinski definition) is 2. The second-order valence-corrected chi connectivity index (χ2v) is 4.59. The van der Waals surface area contributed by atoms with E-state index >= 15 is 0 Å². The maximum Gasteiger partial charge on any atom is 0.326 e. The topological polar surface area (TPSA) is 58.4 Å². The summed E-state index contributed by atoms with van der Waals surface area (Å²) >= 11 is 0. The Kier molecular flexibility index (Phi) is 4.25. The molecule has 2 aromatic carbocycles. The monoisotopic (exact) mass is 269 g/mol. The van der Waals surface area contributed by atoms with Crippen molar-refractivity contribution in [1.29, 1.82) is 0 Å². The number of aryl methyl sites for hydroxylation is 1. The van der Waals surface area contributed by atoms with E-state index in [1.165, 1.54) is 0 Å². The molecule has 0 aromatic heterocycles. The highest BCUT2D eigenvalue weighted by atomic mass is 16.2. The third kappa shape index (κ3) is 3.09. The largest absolute Gasteiger partial charge is 0.399 e. The Morgan fingerprint density at radius 1 is 1.20 bits per heavy atom. The Morgan fingerprint density at radius 2 is 1.95 bits per heavy atom. The molecule has 0 saturated heterocycles. The molecule has 104 valence electrons. The summed E-state index contributed by atoms with van der Waals surface area (Å²) < 4.78 is 0. The quantitative estimate of drug-likeness (QED) is 0.836. The van der Waals surface area contributed by atoms with Crippen LogP contribution < -0.4 is 16.0 Å². The lowest BCUT2D eigenvalue weighted by molar-refractivity contribution is 0.257. The van der Waals surface area contributed by atoms with Gasteiger partial charge in [0.15, 0.2) is 0 Å². The predicted molar refractivity (Wildman–Crippen MR) is 84.1 cm³/mol. The van der Waals surface area contributed by atoms with Crippen LogP contribution in [0.25, 0.3) is 0 Å². The molecule has 0 heterocycles. The number of nitrogen functional groups attached to an aromatic ring is 1. The second-order valence-electron chi connectivity index (χ2n) is 4.59. The SMILES string of the molecule is CCN(C(=O)Nc1cccc(N)c1)c1ccccc1C. The number of hydrogen-bond acceptors (Lipinski definition) is 2. The van der Waals surface area contributed by atoms with Gasteiger partial charge in [-0.05, 0) is 43.7 Å². The molecule has 2 amide bonds. The van der Waals surface area contributed by atoms with Gasteiger partial charge in [-0.3, -0.25) is 4.90 Å². The normalized spacial score (nSPS) is 10.1. The summed E-state index contributed by atoms with van der Waals surface area (Å²) in [7, 11) is 0. The van der Waals surface area contributed by atoms with E-state index in [2.05, 4.69) is 5.32 Å². The Balaban J connectivity index is 2.20. The molecule has 2 aromatic rings. The van der Waals surface area contributed by atoms with Gasteiger partial charge < -0.3 is 11.1 Å². The highest BCUT2D eigenvalue weighted by molar-refractivity contribution is 6.02. The lowest BCUT2D eigenvalue weighted by Gasteiger charge is -2.23. The molecule has 4 nitrogen and oxygen atoms in total. The fourth-order valence-corrected chi connectivity index (χ4v) is 2.10. The first-order chi connectivity index (χ1) is 9.61. The van der Waals surface area contributed by atoms with Gasteiger partial charge in [0, 0.05) is 23.6 Å². The first-order valence-corrected chi connectivity index (χ1v) is 6.61. The molecule has 0 fully saturated rings. The summed E-state index contributed by atoms with van der Waals surface area (Å²) in [5, 5.41) is 2.87. The van der Waals surface area contributed by atoms with Crippen molar-refractivity contribution in [2.45, 2.75) is 13.8 Å². The number of amides is 2. The standard InChI is InChI=1S/C16H19N3O/c1-3-19(15-10-5-4-7-12(15)2)16(20)18-14-9-6-8-13(17)11-14/h4-11H,3,17H2,1-2H3,(H,18,20). The molecule has 0 atom stereocenters. The fourth-order valence-electron chi connectivity index (χ4n) is 2.10. The number of carbonyl (C=O) groups is 1. The molecule has 0 unspecified atom stereocenters. The van der Waals surface area contributed by atoms with Crippen LogP contribution in [0.5, 0.6) is 0 Å². The smallest absolute Gasteiger partial charge is 0.326 e. The number of nitrogens with one attached hydrogen (secondary N) is 1. The van der Waals surface area contributed by atoms with E-state index in [1.807, 2.05) is 50.2 Å². The highest BCUT2D eigenvalue weighted by Gasteiger charge is 2.15. The van der Waals surface area contributed by atoms with E-state index in [4.69, 9.17) is 5.73 Å². The maximum atomic E-state index is 12.4. The van der Waals surface area contributed by atoms with Gasteiger partial charge >= 0.3 is 6.03 Å². The minimum atomic E-state index is -0.160. The van der Waals surface area contributed by atoms with Gasteiger partial charge in [-0.2, -0.15) is 0 Å². The zero-order valence-electron chi connectivity index (χ0n) is 11.8. The number of para-hydroxylation sites is 1. The molecule has 0 bridgehead atoms. The van der Waals surface area contributed by atoms with Crippen LogP contribution in [0.4, 0.5) is 21.9 Å². The van der Waals surface area contributed by atoms with E-state index in [0.29, 0.717) is 17.9 Å². The second kappa shape index (κ2) is 6.10. The number of nitrogens with zero attached hydrogens (tertiary/aromatic N) is 1. The Hall–Kier alpha value is -2.49. The summed E-state index contributed by atoms with van der Waals surface area (Å²) in [6.45, 7) is 4.54.